The minimum absolute atomic E-state index is 0.237. The predicted molar refractivity (Wildman–Crippen MR) is 97.4 cm³/mol. The van der Waals surface area contributed by atoms with Gasteiger partial charge in [0.25, 0.3) is 0 Å². The van der Waals surface area contributed by atoms with Crippen LogP contribution < -0.4 is 10.9 Å². The number of aromatic amines is 1. The highest BCUT2D eigenvalue weighted by Crippen LogP contribution is 2.21. The highest BCUT2D eigenvalue weighted by Gasteiger charge is 2.22. The van der Waals surface area contributed by atoms with Crippen LogP contribution in [-0.4, -0.2) is 51.5 Å². The van der Waals surface area contributed by atoms with Crippen molar-refractivity contribution in [1.82, 2.24) is 4.98 Å². The molecule has 2 rings (SSSR count). The molecule has 7 heteroatoms. The molecule has 5 N–H and O–H groups in total. The number of ether oxygens (including phenoxy) is 1. The van der Waals surface area contributed by atoms with Crippen LogP contribution in [-0.2, 0) is 4.74 Å². The number of hydrogen-bond donors (Lipinski definition) is 5. The number of fused-ring (bicyclic) bond motifs is 1. The highest BCUT2D eigenvalue weighted by molar-refractivity contribution is 5.89. The molecule has 0 bridgehead atoms. The van der Waals surface area contributed by atoms with E-state index in [-0.39, 0.29) is 12.2 Å². The zero-order valence-electron chi connectivity index (χ0n) is 14.3. The van der Waals surface area contributed by atoms with Gasteiger partial charge in [-0.1, -0.05) is 18.7 Å². The van der Waals surface area contributed by atoms with Crippen molar-refractivity contribution in [2.45, 2.75) is 38.4 Å². The van der Waals surface area contributed by atoms with E-state index in [2.05, 4.69) is 16.9 Å². The molecular weight excluding hydrogens is 324 g/mol. The summed E-state index contributed by atoms with van der Waals surface area (Å²) in [7, 11) is 0. The maximum atomic E-state index is 11.7. The van der Waals surface area contributed by atoms with Crippen LogP contribution in [0.5, 0.6) is 0 Å². The van der Waals surface area contributed by atoms with Crippen LogP contribution in [0.15, 0.2) is 35.6 Å². The molecule has 2 aromatic rings. The summed E-state index contributed by atoms with van der Waals surface area (Å²) in [6, 6.07) is 6.76. The third-order valence-electron chi connectivity index (χ3n) is 3.96. The Morgan fingerprint density at radius 1 is 1.32 bits per heavy atom. The minimum Gasteiger partial charge on any atom is -0.394 e. The monoisotopic (exact) mass is 348 g/mol. The lowest BCUT2D eigenvalue weighted by atomic mass is 10.1. The van der Waals surface area contributed by atoms with Crippen LogP contribution in [0.25, 0.3) is 17.0 Å². The summed E-state index contributed by atoms with van der Waals surface area (Å²) in [4.78, 5) is 14.4. The maximum Gasteiger partial charge on any atom is 0.249 e. The van der Waals surface area contributed by atoms with Crippen LogP contribution in [0.3, 0.4) is 0 Å². The van der Waals surface area contributed by atoms with Crippen molar-refractivity contribution in [3.8, 4) is 0 Å². The molecule has 0 aliphatic rings. The van der Waals surface area contributed by atoms with Gasteiger partial charge in [-0.15, -0.1) is 0 Å². The first kappa shape index (κ1) is 19.1. The van der Waals surface area contributed by atoms with Gasteiger partial charge >= 0.3 is 0 Å². The largest absolute Gasteiger partial charge is 0.394 e. The van der Waals surface area contributed by atoms with Gasteiger partial charge in [-0.2, -0.15) is 0 Å². The van der Waals surface area contributed by atoms with Crippen LogP contribution in [0.1, 0.15) is 19.4 Å². The Bertz CT molecular complexity index is 787. The number of hydrogen-bond acceptors (Lipinski definition) is 6. The molecular formula is C18H24N2O5. The standard InChI is InChI=1S/C18H24N2O5/c1-4-12-7-17(23)20-15-8-13(5-6-14(12)15)19-18(24)11(3)25-16(9-21)10(2)22/h4-8,10-11,16,18-19,21-22,24H,1,9H2,2-3H3,(H,20,23)/t10-,11?,16?,18-/m1/s1. The second-order valence-corrected chi connectivity index (χ2v) is 5.95. The molecule has 0 radical (unpaired) electrons. The van der Waals surface area contributed by atoms with Gasteiger partial charge in [0, 0.05) is 17.1 Å². The SMILES string of the molecule is C=Cc1cc(=O)[nH]c2cc(N[C@H](O)C(C)OC(CO)[C@@H](C)O)ccc12. The lowest BCUT2D eigenvalue weighted by Crippen LogP contribution is -2.40. The smallest absolute Gasteiger partial charge is 0.249 e. The van der Waals surface area contributed by atoms with Gasteiger partial charge in [-0.05, 0) is 31.5 Å². The average Bonchev–Trinajstić information content (AvgIpc) is 2.57. The molecule has 136 valence electrons. The molecule has 0 fully saturated rings. The Hall–Kier alpha value is -2.19. The normalized spacial score (nSPS) is 16.2. The summed E-state index contributed by atoms with van der Waals surface area (Å²) in [5.74, 6) is 0. The van der Waals surface area contributed by atoms with E-state index in [9.17, 15) is 20.1 Å². The Morgan fingerprint density at radius 2 is 2.04 bits per heavy atom. The number of pyridine rings is 1. The fourth-order valence-electron chi connectivity index (χ4n) is 2.49. The second-order valence-electron chi connectivity index (χ2n) is 5.95. The Morgan fingerprint density at radius 3 is 2.64 bits per heavy atom. The first-order chi connectivity index (χ1) is 11.8. The number of H-pyrrole nitrogens is 1. The number of aliphatic hydroxyl groups excluding tert-OH is 3. The van der Waals surface area contributed by atoms with E-state index >= 15 is 0 Å². The summed E-state index contributed by atoms with van der Waals surface area (Å²) in [6.07, 6.45) is -1.78. The van der Waals surface area contributed by atoms with Gasteiger partial charge < -0.3 is 30.4 Å². The third-order valence-corrected chi connectivity index (χ3v) is 3.96. The molecule has 2 unspecified atom stereocenters. The Kier molecular flexibility index (Phi) is 6.33. The van der Waals surface area contributed by atoms with E-state index in [1.807, 2.05) is 6.07 Å². The van der Waals surface area contributed by atoms with Gasteiger partial charge in [0.1, 0.15) is 6.10 Å². The summed E-state index contributed by atoms with van der Waals surface area (Å²) in [5, 5.41) is 32.6. The number of nitrogens with one attached hydrogen (secondary N) is 2. The maximum absolute atomic E-state index is 11.7. The van der Waals surface area contributed by atoms with Crippen LogP contribution in [0, 0.1) is 0 Å². The van der Waals surface area contributed by atoms with Gasteiger partial charge in [0.2, 0.25) is 5.56 Å². The van der Waals surface area contributed by atoms with E-state index in [1.54, 1.807) is 25.1 Å². The first-order valence-corrected chi connectivity index (χ1v) is 8.04. The summed E-state index contributed by atoms with van der Waals surface area (Å²) < 4.78 is 5.45. The zero-order valence-corrected chi connectivity index (χ0v) is 14.3. The molecule has 0 aliphatic heterocycles. The zero-order chi connectivity index (χ0) is 18.6. The van der Waals surface area contributed by atoms with E-state index < -0.39 is 24.5 Å². The summed E-state index contributed by atoms with van der Waals surface area (Å²) in [6.45, 7) is 6.48. The molecule has 0 saturated heterocycles. The van der Waals surface area contributed by atoms with Gasteiger partial charge in [0.05, 0.1) is 24.3 Å². The van der Waals surface area contributed by atoms with Crippen molar-refractivity contribution < 1.29 is 20.1 Å². The van der Waals surface area contributed by atoms with Crippen LogP contribution in [0.2, 0.25) is 0 Å². The highest BCUT2D eigenvalue weighted by atomic mass is 16.5. The van der Waals surface area contributed by atoms with Crippen molar-refractivity contribution in [2.24, 2.45) is 0 Å². The fourth-order valence-corrected chi connectivity index (χ4v) is 2.49. The van der Waals surface area contributed by atoms with E-state index in [0.29, 0.717) is 11.2 Å². The molecule has 1 aromatic heterocycles. The van der Waals surface area contributed by atoms with Crippen molar-refractivity contribution in [3.05, 3.63) is 46.8 Å². The topological polar surface area (TPSA) is 115 Å². The Balaban J connectivity index is 2.16. The molecule has 25 heavy (non-hydrogen) atoms. The van der Waals surface area contributed by atoms with E-state index in [1.165, 1.54) is 13.0 Å². The molecule has 1 heterocycles. The number of rotatable bonds is 8. The van der Waals surface area contributed by atoms with E-state index in [4.69, 9.17) is 4.74 Å². The molecule has 0 spiro atoms. The number of benzene rings is 1. The number of aromatic nitrogens is 1. The molecule has 0 aliphatic carbocycles. The van der Waals surface area contributed by atoms with Crippen molar-refractivity contribution in [3.63, 3.8) is 0 Å². The quantitative estimate of drug-likeness (QED) is 0.456. The molecule has 7 nitrogen and oxygen atoms in total. The van der Waals surface area contributed by atoms with Crippen molar-refractivity contribution in [1.29, 1.82) is 0 Å². The van der Waals surface area contributed by atoms with Gasteiger partial charge in [0.15, 0.2) is 6.23 Å². The van der Waals surface area contributed by atoms with Gasteiger partial charge in [-0.3, -0.25) is 4.79 Å². The summed E-state index contributed by atoms with van der Waals surface area (Å²) >= 11 is 0. The lowest BCUT2D eigenvalue weighted by molar-refractivity contribution is -0.114. The molecule has 4 atom stereocenters. The number of anilines is 1. The van der Waals surface area contributed by atoms with Crippen LogP contribution in [0.4, 0.5) is 5.69 Å². The van der Waals surface area contributed by atoms with Gasteiger partial charge in [-0.25, -0.2) is 0 Å². The molecule has 0 saturated carbocycles. The number of aliphatic hydroxyl groups is 3. The summed E-state index contributed by atoms with van der Waals surface area (Å²) in [5.41, 5.74) is 1.69. The third kappa shape index (κ3) is 4.67. The van der Waals surface area contributed by atoms with Crippen molar-refractivity contribution >= 4 is 22.7 Å². The Labute approximate surface area is 145 Å². The molecule has 0 amide bonds. The van der Waals surface area contributed by atoms with Crippen molar-refractivity contribution in [2.75, 3.05) is 11.9 Å². The fraction of sp³-hybridized carbons (Fsp3) is 0.389. The minimum atomic E-state index is -1.07. The second kappa shape index (κ2) is 8.26. The van der Waals surface area contributed by atoms with E-state index in [0.717, 1.165) is 10.9 Å². The lowest BCUT2D eigenvalue weighted by Gasteiger charge is -2.27. The molecule has 1 aromatic carbocycles. The first-order valence-electron chi connectivity index (χ1n) is 8.04. The van der Waals surface area contributed by atoms with Crippen LogP contribution >= 0.6 is 0 Å². The predicted octanol–water partition coefficient (Wildman–Crippen LogP) is 1.05. The average molecular weight is 348 g/mol.